The number of aliphatic hydroxyl groups excluding tert-OH is 1. The molecule has 2 amide bonds. The number of benzene rings is 1. The van der Waals surface area contributed by atoms with Gasteiger partial charge in [-0.15, -0.1) is 0 Å². The van der Waals surface area contributed by atoms with Crippen LogP contribution in [0, 0.1) is 18.8 Å². The van der Waals surface area contributed by atoms with Gasteiger partial charge in [-0.3, -0.25) is 9.59 Å². The van der Waals surface area contributed by atoms with E-state index in [2.05, 4.69) is 17.2 Å². The monoisotopic (exact) mass is 288 g/mol. The fraction of sp³-hybridized carbons (Fsp3) is 0.375. The lowest BCUT2D eigenvalue weighted by molar-refractivity contribution is -0.122. The second-order valence-corrected chi connectivity index (χ2v) is 5.25. The van der Waals surface area contributed by atoms with E-state index in [0.29, 0.717) is 12.0 Å². The topological polar surface area (TPSA) is 92.4 Å². The molecule has 0 unspecified atom stereocenters. The van der Waals surface area contributed by atoms with E-state index in [1.807, 2.05) is 6.92 Å². The Hall–Kier alpha value is -2.32. The number of amides is 2. The summed E-state index contributed by atoms with van der Waals surface area (Å²) >= 11 is 0. The molecule has 5 nitrogen and oxygen atoms in total. The number of aryl methyl sites for hydroxylation is 1. The smallest absolute Gasteiger partial charge is 0.252 e. The third-order valence-electron chi connectivity index (χ3n) is 2.99. The lowest BCUT2D eigenvalue weighted by atomic mass is 10.0. The highest BCUT2D eigenvalue weighted by atomic mass is 16.2. The van der Waals surface area contributed by atoms with Crippen LogP contribution in [-0.2, 0) is 4.79 Å². The normalized spacial score (nSPS) is 10.5. The zero-order valence-corrected chi connectivity index (χ0v) is 12.5. The highest BCUT2D eigenvalue weighted by Gasteiger charge is 2.27. The van der Waals surface area contributed by atoms with Crippen LogP contribution in [0.1, 0.15) is 41.8 Å². The molecule has 0 aliphatic carbocycles. The van der Waals surface area contributed by atoms with Crippen LogP contribution in [0.5, 0.6) is 0 Å². The van der Waals surface area contributed by atoms with Crippen LogP contribution < -0.4 is 11.1 Å². The van der Waals surface area contributed by atoms with Crippen LogP contribution in [0.4, 0.5) is 0 Å². The van der Waals surface area contributed by atoms with Crippen LogP contribution in [0.15, 0.2) is 18.2 Å². The van der Waals surface area contributed by atoms with Crippen molar-refractivity contribution in [2.45, 2.75) is 32.7 Å². The molecule has 4 N–H and O–H groups in total. The minimum atomic E-state index is -1.11. The van der Waals surface area contributed by atoms with Crippen molar-refractivity contribution in [3.63, 3.8) is 0 Å². The van der Waals surface area contributed by atoms with E-state index in [4.69, 9.17) is 10.8 Å². The lowest BCUT2D eigenvalue weighted by Gasteiger charge is -2.22. The maximum Gasteiger partial charge on any atom is 0.252 e. The van der Waals surface area contributed by atoms with Gasteiger partial charge in [0.2, 0.25) is 5.91 Å². The van der Waals surface area contributed by atoms with Crippen molar-refractivity contribution in [3.8, 4) is 11.8 Å². The number of hydrogen-bond donors (Lipinski definition) is 3. The molecular formula is C16H20N2O3. The van der Waals surface area contributed by atoms with E-state index >= 15 is 0 Å². The number of carbonyl (C=O) groups is 2. The molecule has 0 radical (unpaired) electrons. The molecule has 1 rings (SSSR count). The zero-order valence-electron chi connectivity index (χ0n) is 12.5. The summed E-state index contributed by atoms with van der Waals surface area (Å²) in [5.74, 6) is 4.80. The van der Waals surface area contributed by atoms with E-state index in [0.717, 1.165) is 11.1 Å². The molecule has 0 heterocycles. The molecule has 0 bridgehead atoms. The van der Waals surface area contributed by atoms with Gasteiger partial charge >= 0.3 is 0 Å². The first-order valence-electron chi connectivity index (χ1n) is 6.60. The maximum absolute atomic E-state index is 12.1. The van der Waals surface area contributed by atoms with Crippen molar-refractivity contribution in [1.29, 1.82) is 0 Å². The Morgan fingerprint density at radius 1 is 1.38 bits per heavy atom. The van der Waals surface area contributed by atoms with Crippen molar-refractivity contribution in [1.82, 2.24) is 5.32 Å². The largest absolute Gasteiger partial charge is 0.395 e. The van der Waals surface area contributed by atoms with Gasteiger partial charge in [-0.25, -0.2) is 0 Å². The Labute approximate surface area is 124 Å². The number of primary amides is 1. The first kappa shape index (κ1) is 16.7. The van der Waals surface area contributed by atoms with Crippen LogP contribution in [0.2, 0.25) is 0 Å². The molecule has 0 fully saturated rings. The summed E-state index contributed by atoms with van der Waals surface area (Å²) in [7, 11) is 0. The average Bonchev–Trinajstić information content (AvgIpc) is 2.40. The number of nitrogens with one attached hydrogen (secondary N) is 1. The van der Waals surface area contributed by atoms with Crippen molar-refractivity contribution in [3.05, 3.63) is 34.9 Å². The van der Waals surface area contributed by atoms with Crippen molar-refractivity contribution < 1.29 is 14.7 Å². The molecule has 21 heavy (non-hydrogen) atoms. The average molecular weight is 288 g/mol. The third kappa shape index (κ3) is 4.62. The van der Waals surface area contributed by atoms with Crippen LogP contribution in [0.25, 0.3) is 0 Å². The van der Waals surface area contributed by atoms with Crippen molar-refractivity contribution in [2.75, 3.05) is 6.61 Å². The lowest BCUT2D eigenvalue weighted by Crippen LogP contribution is -2.53. The summed E-state index contributed by atoms with van der Waals surface area (Å²) in [6.07, 6.45) is 0.411. The minimum absolute atomic E-state index is 0.0226. The zero-order chi connectivity index (χ0) is 16.0. The fourth-order valence-electron chi connectivity index (χ4n) is 1.58. The van der Waals surface area contributed by atoms with Gasteiger partial charge in [0, 0.05) is 17.5 Å². The third-order valence-corrected chi connectivity index (χ3v) is 2.99. The highest BCUT2D eigenvalue weighted by molar-refractivity contribution is 5.98. The van der Waals surface area contributed by atoms with Crippen LogP contribution in [0.3, 0.4) is 0 Å². The van der Waals surface area contributed by atoms with Crippen molar-refractivity contribution >= 4 is 11.8 Å². The Morgan fingerprint density at radius 2 is 2.05 bits per heavy atom. The quantitative estimate of drug-likeness (QED) is 0.713. The summed E-state index contributed by atoms with van der Waals surface area (Å²) in [6.45, 7) is 4.97. The van der Waals surface area contributed by atoms with E-state index < -0.39 is 11.4 Å². The highest BCUT2D eigenvalue weighted by Crippen LogP contribution is 2.12. The van der Waals surface area contributed by atoms with Gasteiger partial charge in [-0.2, -0.15) is 0 Å². The number of rotatable bonds is 4. The Bertz CT molecular complexity index is 610. The summed E-state index contributed by atoms with van der Waals surface area (Å²) in [6, 6.07) is 5.09. The number of hydrogen-bond acceptors (Lipinski definition) is 3. The molecule has 1 aromatic rings. The molecule has 112 valence electrons. The number of nitrogens with two attached hydrogens (primary N) is 1. The van der Waals surface area contributed by atoms with Crippen LogP contribution >= 0.6 is 0 Å². The molecular weight excluding hydrogens is 268 g/mol. The number of carbonyl (C=O) groups excluding carboxylic acids is 2. The van der Waals surface area contributed by atoms with Crippen LogP contribution in [-0.4, -0.2) is 29.1 Å². The SMILES string of the molecule is Cc1cc(C(=O)NC(C)(C)C(N)=O)ccc1C#CCCO. The second kappa shape index (κ2) is 6.91. The summed E-state index contributed by atoms with van der Waals surface area (Å²) in [4.78, 5) is 23.3. The molecule has 0 saturated heterocycles. The molecule has 0 aliphatic heterocycles. The summed E-state index contributed by atoms with van der Waals surface area (Å²) in [5.41, 5.74) is 6.21. The first-order chi connectivity index (χ1) is 9.77. The number of aliphatic hydroxyl groups is 1. The first-order valence-corrected chi connectivity index (χ1v) is 6.60. The van der Waals surface area contributed by atoms with E-state index in [1.54, 1.807) is 32.0 Å². The molecule has 0 spiro atoms. The molecule has 0 aliphatic rings. The Balaban J connectivity index is 2.92. The van der Waals surface area contributed by atoms with Gasteiger partial charge in [0.25, 0.3) is 5.91 Å². The maximum atomic E-state index is 12.1. The predicted molar refractivity (Wildman–Crippen MR) is 80.5 cm³/mol. The molecule has 1 aromatic carbocycles. The second-order valence-electron chi connectivity index (χ2n) is 5.25. The van der Waals surface area contributed by atoms with Gasteiger partial charge in [-0.05, 0) is 44.5 Å². The predicted octanol–water partition coefficient (Wildman–Crippen LogP) is 0.723. The van der Waals surface area contributed by atoms with E-state index in [-0.39, 0.29) is 12.5 Å². The van der Waals surface area contributed by atoms with Gasteiger partial charge in [0.15, 0.2) is 0 Å². The molecule has 0 atom stereocenters. The standard InChI is InChI=1S/C16H20N2O3/c1-11-10-13(8-7-12(11)6-4-5-9-19)14(20)18-16(2,3)15(17)21/h7-8,10,19H,5,9H2,1-3H3,(H2,17,21)(H,18,20). The van der Waals surface area contributed by atoms with Crippen molar-refractivity contribution in [2.24, 2.45) is 5.73 Å². The molecule has 0 saturated carbocycles. The summed E-state index contributed by atoms with van der Waals surface area (Å²) in [5, 5.41) is 11.3. The van der Waals surface area contributed by atoms with Gasteiger partial charge < -0.3 is 16.2 Å². The molecule has 5 heteroatoms. The fourth-order valence-corrected chi connectivity index (χ4v) is 1.58. The van der Waals surface area contributed by atoms with Gasteiger partial charge in [0.05, 0.1) is 6.61 Å². The molecule has 0 aromatic heterocycles. The minimum Gasteiger partial charge on any atom is -0.395 e. The van der Waals surface area contributed by atoms with Gasteiger partial charge in [-0.1, -0.05) is 11.8 Å². The van der Waals surface area contributed by atoms with E-state index in [1.165, 1.54) is 0 Å². The van der Waals surface area contributed by atoms with Gasteiger partial charge in [0.1, 0.15) is 5.54 Å². The summed E-state index contributed by atoms with van der Waals surface area (Å²) < 4.78 is 0. The van der Waals surface area contributed by atoms with E-state index in [9.17, 15) is 9.59 Å². The Morgan fingerprint density at radius 3 is 2.57 bits per heavy atom. The Kier molecular flexibility index (Phi) is 5.51.